The minimum atomic E-state index is -1.40. The Kier molecular flexibility index (Phi) is 28.4. The van der Waals surface area contributed by atoms with Gasteiger partial charge in [-0.05, 0) is 19.1 Å². The van der Waals surface area contributed by atoms with E-state index in [0.717, 1.165) is 0 Å². The van der Waals surface area contributed by atoms with Crippen LogP contribution in [0.25, 0.3) is 0 Å². The van der Waals surface area contributed by atoms with Crippen molar-refractivity contribution in [2.24, 2.45) is 11.8 Å². The number of hydrogen-bond acceptors (Lipinski definition) is 30. The highest BCUT2D eigenvalue weighted by Crippen LogP contribution is 2.44. The molecule has 0 amide bonds. The Bertz CT molecular complexity index is 1820. The Morgan fingerprint density at radius 3 is 0.976 bits per heavy atom. The molecular weight excluding hydrogens is 1130 g/mol. The average Bonchev–Trinajstić information content (AvgIpc) is 3.68. The molecule has 30 heteroatoms. The summed E-state index contributed by atoms with van der Waals surface area (Å²) in [7, 11) is 17.6. The molecule has 0 spiro atoms. The summed E-state index contributed by atoms with van der Waals surface area (Å²) in [5.41, 5.74) is 0. The van der Waals surface area contributed by atoms with Gasteiger partial charge in [-0.2, -0.15) is 11.8 Å². The largest absolute Gasteiger partial charge is 0.396 e. The van der Waals surface area contributed by atoms with Gasteiger partial charge in [0.15, 0.2) is 37.7 Å². The second-order valence-corrected chi connectivity index (χ2v) is 22.2. The predicted molar refractivity (Wildman–Crippen MR) is 283 cm³/mol. The average molecular weight is 1230 g/mol. The highest BCUT2D eigenvalue weighted by Gasteiger charge is 2.60. The van der Waals surface area contributed by atoms with Crippen molar-refractivity contribution in [3.63, 3.8) is 0 Å². The summed E-state index contributed by atoms with van der Waals surface area (Å²) >= 11 is 1.28. The molecule has 0 aliphatic carbocycles. The molecule has 0 radical (unpaired) electrons. The van der Waals surface area contributed by atoms with E-state index in [1.807, 2.05) is 0 Å². The minimum absolute atomic E-state index is 0.0115. The molecule has 29 nitrogen and oxygen atoms in total. The third-order valence-electron chi connectivity index (χ3n) is 16.7. The number of rotatable bonds is 23. The number of hydrogen-bond donors (Lipinski definition) is 5. The molecule has 0 aromatic rings. The van der Waals surface area contributed by atoms with Crippen LogP contribution < -0.4 is 0 Å². The highest BCUT2D eigenvalue weighted by molar-refractivity contribution is 7.99. The summed E-state index contributed by atoms with van der Waals surface area (Å²) in [5.74, 6) is -1.85. The molecule has 0 saturated carbocycles. The van der Waals surface area contributed by atoms with E-state index >= 15 is 0 Å². The maximum Gasteiger partial charge on any atom is 0.187 e. The monoisotopic (exact) mass is 1230 g/mol. The molecule has 5 N–H and O–H groups in total. The fraction of sp³-hybridized carbons (Fsp3) is 1.00. The van der Waals surface area contributed by atoms with Crippen molar-refractivity contribution in [3.8, 4) is 0 Å². The smallest absolute Gasteiger partial charge is 0.187 e. The van der Waals surface area contributed by atoms with Crippen molar-refractivity contribution in [2.75, 3.05) is 144 Å². The maximum atomic E-state index is 12.4. The van der Waals surface area contributed by atoms with Gasteiger partial charge in [-0.25, -0.2) is 0 Å². The van der Waals surface area contributed by atoms with Crippen molar-refractivity contribution in [1.82, 2.24) is 0 Å². The summed E-state index contributed by atoms with van der Waals surface area (Å²) in [6, 6.07) is 0. The van der Waals surface area contributed by atoms with Gasteiger partial charge in [0.1, 0.15) is 104 Å². The molecular formula is C53H94O29S. The molecule has 486 valence electrons. The van der Waals surface area contributed by atoms with Crippen LogP contribution in [0.15, 0.2) is 0 Å². The second-order valence-electron chi connectivity index (χ2n) is 21.2. The molecule has 12 unspecified atom stereocenters. The topological polar surface area (TPSA) is 323 Å². The Morgan fingerprint density at radius 1 is 0.313 bits per heavy atom. The summed E-state index contributed by atoms with van der Waals surface area (Å²) in [4.78, 5) is 0. The Hall–Kier alpha value is -0.810. The first-order valence-corrected chi connectivity index (χ1v) is 29.3. The molecule has 22 saturated heterocycles. The van der Waals surface area contributed by atoms with E-state index in [9.17, 15) is 25.5 Å². The molecule has 30 atom stereocenters. The third kappa shape index (κ3) is 15.2. The van der Waals surface area contributed by atoms with Gasteiger partial charge in [0.05, 0.1) is 75.2 Å². The molecule has 0 aromatic heterocycles. The molecule has 12 bridgehead atoms. The lowest BCUT2D eigenvalue weighted by Crippen LogP contribution is -2.69. The summed E-state index contributed by atoms with van der Waals surface area (Å²) in [6.45, 7) is -2.01. The first-order chi connectivity index (χ1) is 40.3. The molecule has 22 heterocycles. The van der Waals surface area contributed by atoms with Crippen LogP contribution in [0, 0.1) is 11.8 Å². The molecule has 22 aliphatic heterocycles. The Morgan fingerprint density at radius 2 is 0.614 bits per heavy atom. The minimum Gasteiger partial charge on any atom is -0.396 e. The van der Waals surface area contributed by atoms with E-state index in [4.69, 9.17) is 114 Å². The van der Waals surface area contributed by atoms with Crippen molar-refractivity contribution in [1.29, 1.82) is 0 Å². The molecule has 22 fully saturated rings. The number of aliphatic hydroxyl groups is 5. The van der Waals surface area contributed by atoms with Crippen LogP contribution >= 0.6 is 11.8 Å². The Balaban J connectivity index is 1.34. The van der Waals surface area contributed by atoms with Crippen LogP contribution in [0.1, 0.15) is 12.8 Å². The van der Waals surface area contributed by atoms with E-state index < -0.39 is 196 Å². The van der Waals surface area contributed by atoms with Crippen LogP contribution in [0.4, 0.5) is 0 Å². The van der Waals surface area contributed by atoms with Crippen molar-refractivity contribution >= 4 is 11.8 Å². The van der Waals surface area contributed by atoms with Gasteiger partial charge in [0.25, 0.3) is 0 Å². The zero-order valence-electron chi connectivity index (χ0n) is 49.8. The van der Waals surface area contributed by atoms with Gasteiger partial charge in [0, 0.05) is 104 Å². The third-order valence-corrected chi connectivity index (χ3v) is 17.8. The van der Waals surface area contributed by atoms with Gasteiger partial charge in [-0.15, -0.1) is 0 Å². The summed E-state index contributed by atoms with van der Waals surface area (Å²) in [6.07, 6.45) is -27.2. The normalized spacial score (nSPS) is 46.5. The van der Waals surface area contributed by atoms with Crippen LogP contribution in [-0.4, -0.2) is 341 Å². The van der Waals surface area contributed by atoms with E-state index in [1.165, 1.54) is 97.1 Å². The van der Waals surface area contributed by atoms with Crippen LogP contribution in [0.5, 0.6) is 0 Å². The van der Waals surface area contributed by atoms with E-state index in [0.29, 0.717) is 0 Å². The summed E-state index contributed by atoms with van der Waals surface area (Å²) < 4.78 is 154. The van der Waals surface area contributed by atoms with E-state index in [-0.39, 0.29) is 52.5 Å². The molecule has 0 aromatic carbocycles. The Labute approximate surface area is 489 Å². The number of ether oxygens (including phenoxy) is 24. The van der Waals surface area contributed by atoms with Gasteiger partial charge < -0.3 is 139 Å². The van der Waals surface area contributed by atoms with Crippen molar-refractivity contribution in [2.45, 2.75) is 184 Å². The fourth-order valence-electron chi connectivity index (χ4n) is 12.8. The van der Waals surface area contributed by atoms with Crippen LogP contribution in [0.2, 0.25) is 0 Å². The first-order valence-electron chi connectivity index (χ1n) is 28.0. The zero-order chi connectivity index (χ0) is 60.1. The number of thioether (sulfide) groups is 1. The lowest BCUT2D eigenvalue weighted by Gasteiger charge is -2.53. The maximum absolute atomic E-state index is 12.4. The molecule has 83 heavy (non-hydrogen) atoms. The summed E-state index contributed by atoms with van der Waals surface area (Å²) in [5, 5.41) is 55.4. The lowest BCUT2D eigenvalue weighted by molar-refractivity contribution is -0.402. The van der Waals surface area contributed by atoms with Gasteiger partial charge in [-0.1, -0.05) is 0 Å². The molecule has 22 aliphatic rings. The fourth-order valence-corrected chi connectivity index (χ4v) is 13.7. The SMILES string of the molecule is COCC1O[C@@H]2O[C@H]3C(COC)O[C@H](O[C@H]4C(CCO)O[C@@H](O[C@H]5C(CCO)O[C@H](O[C@H]6C(COC)O[C@H](O[C@H]7C(COC)O[C@H](O[C@@H]1[C@H](CO)C2OC)C(O)[C@H]7SC)C(CO)[C@H]6OC)C(OC)[C@H]5OC)C(OC)[C@H]4OC)C(OC)[C@H]3OC. The van der Waals surface area contributed by atoms with Crippen LogP contribution in [0.3, 0.4) is 0 Å². The van der Waals surface area contributed by atoms with Gasteiger partial charge in [-0.3, -0.25) is 0 Å². The lowest BCUT2D eigenvalue weighted by atomic mass is 9.88. The van der Waals surface area contributed by atoms with Gasteiger partial charge >= 0.3 is 0 Å². The quantitative estimate of drug-likeness (QED) is 0.0703. The van der Waals surface area contributed by atoms with Crippen molar-refractivity contribution < 1.29 is 139 Å². The van der Waals surface area contributed by atoms with Crippen LogP contribution in [-0.2, 0) is 114 Å². The van der Waals surface area contributed by atoms with E-state index in [1.54, 1.807) is 6.26 Å². The van der Waals surface area contributed by atoms with Crippen molar-refractivity contribution in [3.05, 3.63) is 0 Å². The first kappa shape index (κ1) is 69.7. The number of methoxy groups -OCH3 is 12. The highest BCUT2D eigenvalue weighted by atomic mass is 32.2. The van der Waals surface area contributed by atoms with E-state index in [2.05, 4.69) is 0 Å². The standard InChI is InChI=1S/C53H94O29S/c1-59-20-28-33-24(18-56)35(64-6)50(75-28)81-39-30(22-61-3)76-53(46(70-12)43(39)67-9)79-37-27(15-17-55)71-51(44(68-10)42(37)66-8)78-36-26(14-16-54)72-52(45(69-11)41(36)65-7)80-38-29(21-60-2)73-48(25(19-57)34(38)63-5)82-40-31(23-62-4)74-49(77-33)32(58)47(40)83-13/h24-58H,14-23H2,1-13H3/t24-,25?,26?,27?,28?,29?,30?,31?,32?,33+,34+,35?,36-,37-,38-,39-,40-,41-,42-,43-,44?,45?,46?,47+,48+,49+,50+,51-,52+,53+/m0/s1. The second kappa shape index (κ2) is 33.9. The molecule has 22 rings (SSSR count). The zero-order valence-corrected chi connectivity index (χ0v) is 50.7. The van der Waals surface area contributed by atoms with Gasteiger partial charge in [0.2, 0.25) is 0 Å². The predicted octanol–water partition coefficient (Wildman–Crippen LogP) is -2.56. The number of aliphatic hydroxyl groups excluding tert-OH is 5.